The van der Waals surface area contributed by atoms with Gasteiger partial charge < -0.3 is 10.1 Å². The number of amides is 1. The molecule has 1 N–H and O–H groups in total. The quantitative estimate of drug-likeness (QED) is 0.744. The standard InChI is InChI=1S/C18H21N5O2/c1-4-25-15-8-6-5-7-14(15)9-10-19-18(24)17-13(3)23-16(20-21-17)11-12(2)22-23/h5-8,11H,4,9-10H2,1-3H3,(H,19,24). The first-order valence-electron chi connectivity index (χ1n) is 8.28. The third kappa shape index (κ3) is 3.60. The van der Waals surface area contributed by atoms with Crippen molar-refractivity contribution in [1.82, 2.24) is 25.1 Å². The number of nitrogens with one attached hydrogen (secondary N) is 1. The van der Waals surface area contributed by atoms with Gasteiger partial charge in [-0.05, 0) is 38.8 Å². The van der Waals surface area contributed by atoms with Crippen LogP contribution in [0.5, 0.6) is 5.75 Å². The summed E-state index contributed by atoms with van der Waals surface area (Å²) < 4.78 is 7.24. The summed E-state index contributed by atoms with van der Waals surface area (Å²) in [6.07, 6.45) is 0.678. The van der Waals surface area contributed by atoms with Gasteiger partial charge in [0, 0.05) is 12.6 Å². The molecule has 1 aromatic carbocycles. The van der Waals surface area contributed by atoms with E-state index in [4.69, 9.17) is 4.74 Å². The molecule has 0 atom stereocenters. The van der Waals surface area contributed by atoms with Crippen LogP contribution in [0.1, 0.15) is 34.4 Å². The first-order chi connectivity index (χ1) is 12.1. The Labute approximate surface area is 146 Å². The summed E-state index contributed by atoms with van der Waals surface area (Å²) in [6, 6.07) is 9.66. The second-order valence-corrected chi connectivity index (χ2v) is 5.74. The number of para-hydroxylation sites is 1. The second-order valence-electron chi connectivity index (χ2n) is 5.74. The molecule has 25 heavy (non-hydrogen) atoms. The highest BCUT2D eigenvalue weighted by Gasteiger charge is 2.15. The van der Waals surface area contributed by atoms with E-state index >= 15 is 0 Å². The zero-order valence-corrected chi connectivity index (χ0v) is 14.6. The molecule has 1 amide bonds. The number of aromatic nitrogens is 4. The van der Waals surface area contributed by atoms with E-state index < -0.39 is 0 Å². The van der Waals surface area contributed by atoms with Gasteiger partial charge >= 0.3 is 0 Å². The van der Waals surface area contributed by atoms with Gasteiger partial charge in [-0.2, -0.15) is 5.10 Å². The average Bonchev–Trinajstić information content (AvgIpc) is 2.98. The summed E-state index contributed by atoms with van der Waals surface area (Å²) in [5, 5.41) is 15.3. The fraction of sp³-hybridized carbons (Fsp3) is 0.333. The van der Waals surface area contributed by atoms with E-state index in [1.807, 2.05) is 51.1 Å². The number of hydrogen-bond acceptors (Lipinski definition) is 5. The molecule has 3 rings (SSSR count). The van der Waals surface area contributed by atoms with Gasteiger partial charge in [0.1, 0.15) is 5.75 Å². The molecule has 130 valence electrons. The number of rotatable bonds is 6. The van der Waals surface area contributed by atoms with Crippen LogP contribution in [-0.2, 0) is 6.42 Å². The third-order valence-corrected chi connectivity index (χ3v) is 3.89. The molecule has 0 unspecified atom stereocenters. The molecule has 0 aliphatic carbocycles. The monoisotopic (exact) mass is 339 g/mol. The number of ether oxygens (including phenoxy) is 1. The zero-order chi connectivity index (χ0) is 17.8. The summed E-state index contributed by atoms with van der Waals surface area (Å²) >= 11 is 0. The molecule has 7 heteroatoms. The van der Waals surface area contributed by atoms with Gasteiger partial charge in [-0.3, -0.25) is 4.79 Å². The molecule has 0 aliphatic rings. The molecular weight excluding hydrogens is 318 g/mol. The summed E-state index contributed by atoms with van der Waals surface area (Å²) in [4.78, 5) is 12.4. The normalized spacial score (nSPS) is 10.8. The van der Waals surface area contributed by atoms with Gasteiger partial charge in [0.05, 0.1) is 18.0 Å². The Morgan fingerprint density at radius 3 is 2.84 bits per heavy atom. The predicted octanol–water partition coefficient (Wildman–Crippen LogP) is 2.11. The van der Waals surface area contributed by atoms with Crippen molar-refractivity contribution in [3.05, 3.63) is 53.0 Å². The summed E-state index contributed by atoms with van der Waals surface area (Å²) in [5.74, 6) is 0.595. The smallest absolute Gasteiger partial charge is 0.273 e. The van der Waals surface area contributed by atoms with Crippen LogP contribution in [0.15, 0.2) is 30.3 Å². The van der Waals surface area contributed by atoms with Crippen molar-refractivity contribution >= 4 is 11.6 Å². The van der Waals surface area contributed by atoms with Crippen molar-refractivity contribution in [1.29, 1.82) is 0 Å². The Bertz CT molecular complexity index is 904. The molecule has 0 bridgehead atoms. The summed E-state index contributed by atoms with van der Waals surface area (Å²) in [6.45, 7) is 6.74. The Hall–Kier alpha value is -2.96. The maximum Gasteiger partial charge on any atom is 0.273 e. The van der Waals surface area contributed by atoms with E-state index in [1.165, 1.54) is 0 Å². The lowest BCUT2D eigenvalue weighted by Crippen LogP contribution is -2.28. The van der Waals surface area contributed by atoms with Gasteiger partial charge in [-0.15, -0.1) is 10.2 Å². The SMILES string of the molecule is CCOc1ccccc1CCNC(=O)c1nnc2cc(C)nn2c1C. The highest BCUT2D eigenvalue weighted by molar-refractivity contribution is 5.93. The first-order valence-corrected chi connectivity index (χ1v) is 8.28. The second kappa shape index (κ2) is 7.29. The molecule has 0 spiro atoms. The maximum atomic E-state index is 12.4. The lowest BCUT2D eigenvalue weighted by Gasteiger charge is -2.11. The van der Waals surface area contributed by atoms with Gasteiger partial charge in [0.15, 0.2) is 11.3 Å². The largest absolute Gasteiger partial charge is 0.494 e. The van der Waals surface area contributed by atoms with E-state index in [-0.39, 0.29) is 11.6 Å². The van der Waals surface area contributed by atoms with E-state index in [0.29, 0.717) is 30.9 Å². The highest BCUT2D eigenvalue weighted by atomic mass is 16.5. The van der Waals surface area contributed by atoms with Crippen molar-refractivity contribution in [2.45, 2.75) is 27.2 Å². The van der Waals surface area contributed by atoms with Crippen molar-refractivity contribution in [3.63, 3.8) is 0 Å². The fourth-order valence-electron chi connectivity index (χ4n) is 2.69. The lowest BCUT2D eigenvalue weighted by molar-refractivity contribution is 0.0946. The molecule has 0 fully saturated rings. The van der Waals surface area contributed by atoms with E-state index in [2.05, 4.69) is 20.6 Å². The molecule has 2 heterocycles. The molecule has 0 aliphatic heterocycles. The molecule has 0 saturated carbocycles. The molecular formula is C18H21N5O2. The topological polar surface area (TPSA) is 81.4 Å². The lowest BCUT2D eigenvalue weighted by atomic mass is 10.1. The number of nitrogens with zero attached hydrogens (tertiary/aromatic N) is 4. The van der Waals surface area contributed by atoms with Crippen LogP contribution in [0.25, 0.3) is 5.65 Å². The number of fused-ring (bicyclic) bond motifs is 1. The van der Waals surface area contributed by atoms with Gasteiger partial charge in [0.25, 0.3) is 5.91 Å². The molecule has 0 radical (unpaired) electrons. The summed E-state index contributed by atoms with van der Waals surface area (Å²) in [7, 11) is 0. The number of hydrogen-bond donors (Lipinski definition) is 1. The van der Waals surface area contributed by atoms with Gasteiger partial charge in [-0.1, -0.05) is 18.2 Å². The predicted molar refractivity (Wildman–Crippen MR) is 93.9 cm³/mol. The molecule has 3 aromatic rings. The van der Waals surface area contributed by atoms with Crippen LogP contribution in [0.4, 0.5) is 0 Å². The molecule has 2 aromatic heterocycles. The van der Waals surface area contributed by atoms with Crippen molar-refractivity contribution in [2.75, 3.05) is 13.2 Å². The minimum absolute atomic E-state index is 0.256. The Morgan fingerprint density at radius 1 is 1.24 bits per heavy atom. The van der Waals surface area contributed by atoms with Crippen molar-refractivity contribution < 1.29 is 9.53 Å². The van der Waals surface area contributed by atoms with Crippen LogP contribution in [-0.4, -0.2) is 38.9 Å². The summed E-state index contributed by atoms with van der Waals surface area (Å²) in [5.41, 5.74) is 3.49. The number of carbonyl (C=O) groups excluding carboxylic acids is 1. The average molecular weight is 339 g/mol. The fourth-order valence-corrected chi connectivity index (χ4v) is 2.69. The van der Waals surface area contributed by atoms with Crippen molar-refractivity contribution in [2.24, 2.45) is 0 Å². The van der Waals surface area contributed by atoms with E-state index in [9.17, 15) is 4.79 Å². The van der Waals surface area contributed by atoms with Crippen LogP contribution >= 0.6 is 0 Å². The van der Waals surface area contributed by atoms with Crippen LogP contribution in [0, 0.1) is 13.8 Å². The third-order valence-electron chi connectivity index (χ3n) is 3.89. The minimum Gasteiger partial charge on any atom is -0.494 e. The van der Waals surface area contributed by atoms with E-state index in [0.717, 1.165) is 17.0 Å². The maximum absolute atomic E-state index is 12.4. The Balaban J connectivity index is 1.68. The Morgan fingerprint density at radius 2 is 2.04 bits per heavy atom. The zero-order valence-electron chi connectivity index (χ0n) is 14.6. The van der Waals surface area contributed by atoms with Gasteiger partial charge in [0.2, 0.25) is 0 Å². The highest BCUT2D eigenvalue weighted by Crippen LogP contribution is 2.18. The molecule has 7 nitrogen and oxygen atoms in total. The van der Waals surface area contributed by atoms with Crippen LogP contribution < -0.4 is 10.1 Å². The van der Waals surface area contributed by atoms with Gasteiger partial charge in [-0.25, -0.2) is 4.52 Å². The minimum atomic E-state index is -0.256. The number of benzene rings is 1. The number of carbonyl (C=O) groups is 1. The van der Waals surface area contributed by atoms with Crippen LogP contribution in [0.3, 0.4) is 0 Å². The first kappa shape index (κ1) is 16.9. The Kier molecular flexibility index (Phi) is 4.92. The number of aryl methyl sites for hydroxylation is 2. The van der Waals surface area contributed by atoms with E-state index in [1.54, 1.807) is 4.52 Å². The van der Waals surface area contributed by atoms with Crippen LogP contribution in [0.2, 0.25) is 0 Å². The molecule has 0 saturated heterocycles. The van der Waals surface area contributed by atoms with Crippen molar-refractivity contribution in [3.8, 4) is 5.75 Å².